The smallest absolute Gasteiger partial charge is 0.218 e. The van der Waals surface area contributed by atoms with E-state index in [1.54, 1.807) is 7.11 Å². The predicted octanol–water partition coefficient (Wildman–Crippen LogP) is 2.09. The van der Waals surface area contributed by atoms with Gasteiger partial charge < -0.3 is 10.1 Å². The van der Waals surface area contributed by atoms with Gasteiger partial charge in [-0.3, -0.25) is 0 Å². The van der Waals surface area contributed by atoms with Gasteiger partial charge in [0, 0.05) is 12.6 Å². The minimum absolute atomic E-state index is 0.608. The fourth-order valence-corrected chi connectivity index (χ4v) is 1.73. The molecule has 0 unspecified atom stereocenters. The van der Waals surface area contributed by atoms with Crippen LogP contribution in [0.15, 0.2) is 12.4 Å². The Balaban J connectivity index is 1.76. The summed E-state index contributed by atoms with van der Waals surface area (Å²) in [6, 6.07) is 1.82. The molecule has 1 saturated carbocycles. The lowest BCUT2D eigenvalue weighted by atomic mass is 9.83. The summed E-state index contributed by atoms with van der Waals surface area (Å²) in [5, 5.41) is 3.29. The van der Waals surface area contributed by atoms with Gasteiger partial charge in [-0.1, -0.05) is 19.3 Å². The summed E-state index contributed by atoms with van der Waals surface area (Å²) >= 11 is 0. The highest BCUT2D eigenvalue weighted by atomic mass is 16.5. The molecule has 15 heavy (non-hydrogen) atoms. The maximum atomic E-state index is 5.02. The molecule has 1 aromatic rings. The first-order valence-corrected chi connectivity index (χ1v) is 5.48. The number of anilines is 1. The summed E-state index contributed by atoms with van der Waals surface area (Å²) < 4.78 is 5.02. The highest BCUT2D eigenvalue weighted by Gasteiger charge is 2.16. The highest BCUT2D eigenvalue weighted by molar-refractivity contribution is 5.36. The minimum Gasteiger partial charge on any atom is -0.481 e. The van der Waals surface area contributed by atoms with Crippen molar-refractivity contribution in [3.8, 4) is 5.88 Å². The summed E-state index contributed by atoms with van der Waals surface area (Å²) in [7, 11) is 1.61. The van der Waals surface area contributed by atoms with E-state index >= 15 is 0 Å². The van der Waals surface area contributed by atoms with Gasteiger partial charge in [-0.25, -0.2) is 9.97 Å². The number of rotatable bonds is 5. The zero-order valence-electron chi connectivity index (χ0n) is 9.07. The maximum Gasteiger partial charge on any atom is 0.218 e. The van der Waals surface area contributed by atoms with E-state index in [-0.39, 0.29) is 0 Å². The second kappa shape index (κ2) is 4.96. The number of hydrogen-bond donors (Lipinski definition) is 1. The van der Waals surface area contributed by atoms with Crippen LogP contribution in [0.1, 0.15) is 25.7 Å². The first-order chi connectivity index (χ1) is 7.38. The van der Waals surface area contributed by atoms with Gasteiger partial charge >= 0.3 is 0 Å². The SMILES string of the molecule is COc1cc(NCCC2CCC2)ncn1. The van der Waals surface area contributed by atoms with Crippen LogP contribution in [-0.2, 0) is 0 Å². The third kappa shape index (κ3) is 2.81. The quantitative estimate of drug-likeness (QED) is 0.803. The van der Waals surface area contributed by atoms with Crippen LogP contribution in [0.25, 0.3) is 0 Å². The Hall–Kier alpha value is -1.32. The van der Waals surface area contributed by atoms with Gasteiger partial charge in [0.05, 0.1) is 7.11 Å². The first-order valence-electron chi connectivity index (χ1n) is 5.48. The summed E-state index contributed by atoms with van der Waals surface area (Å²) in [5.41, 5.74) is 0. The molecule has 0 radical (unpaired) electrons. The molecule has 0 aliphatic heterocycles. The molecule has 4 heteroatoms. The van der Waals surface area contributed by atoms with Gasteiger partial charge in [-0.15, -0.1) is 0 Å². The number of nitrogens with one attached hydrogen (secondary N) is 1. The van der Waals surface area contributed by atoms with Gasteiger partial charge in [0.15, 0.2) is 0 Å². The predicted molar refractivity (Wildman–Crippen MR) is 59.0 cm³/mol. The number of hydrogen-bond acceptors (Lipinski definition) is 4. The lowest BCUT2D eigenvalue weighted by Gasteiger charge is -2.25. The molecule has 1 heterocycles. The van der Waals surface area contributed by atoms with Crippen molar-refractivity contribution in [1.29, 1.82) is 0 Å². The number of methoxy groups -OCH3 is 1. The van der Waals surface area contributed by atoms with E-state index in [1.807, 2.05) is 6.07 Å². The topological polar surface area (TPSA) is 47.0 Å². The second-order valence-electron chi connectivity index (χ2n) is 3.96. The zero-order chi connectivity index (χ0) is 10.5. The molecule has 82 valence electrons. The monoisotopic (exact) mass is 207 g/mol. The van der Waals surface area contributed by atoms with E-state index in [4.69, 9.17) is 4.74 Å². The molecule has 1 N–H and O–H groups in total. The molecule has 0 bridgehead atoms. The lowest BCUT2D eigenvalue weighted by molar-refractivity contribution is 0.303. The molecule has 1 fully saturated rings. The molecule has 2 rings (SSSR count). The van der Waals surface area contributed by atoms with E-state index in [2.05, 4.69) is 15.3 Å². The lowest BCUT2D eigenvalue weighted by Crippen LogP contribution is -2.16. The summed E-state index contributed by atoms with van der Waals surface area (Å²) in [6.07, 6.45) is 6.96. The Labute approximate surface area is 90.1 Å². The Kier molecular flexibility index (Phi) is 3.37. The van der Waals surface area contributed by atoms with Crippen molar-refractivity contribution in [3.05, 3.63) is 12.4 Å². The maximum absolute atomic E-state index is 5.02. The summed E-state index contributed by atoms with van der Waals surface area (Å²) in [6.45, 7) is 0.991. The standard InChI is InChI=1S/C11H17N3O/c1-15-11-7-10(13-8-14-11)12-6-5-9-3-2-4-9/h7-9H,2-6H2,1H3,(H,12,13,14). The molecule has 4 nitrogen and oxygen atoms in total. The van der Waals surface area contributed by atoms with Crippen molar-refractivity contribution in [2.75, 3.05) is 19.0 Å². The van der Waals surface area contributed by atoms with Crippen molar-refractivity contribution in [3.63, 3.8) is 0 Å². The van der Waals surface area contributed by atoms with E-state index in [9.17, 15) is 0 Å². The van der Waals surface area contributed by atoms with Crippen LogP contribution in [-0.4, -0.2) is 23.6 Å². The fraction of sp³-hybridized carbons (Fsp3) is 0.636. The molecule has 1 aromatic heterocycles. The van der Waals surface area contributed by atoms with Crippen LogP contribution < -0.4 is 10.1 Å². The van der Waals surface area contributed by atoms with Gasteiger partial charge in [-0.05, 0) is 12.3 Å². The van der Waals surface area contributed by atoms with Crippen LogP contribution in [0, 0.1) is 5.92 Å². The number of aromatic nitrogens is 2. The van der Waals surface area contributed by atoms with E-state index in [0.717, 1.165) is 18.3 Å². The van der Waals surface area contributed by atoms with Crippen LogP contribution in [0.5, 0.6) is 5.88 Å². The van der Waals surface area contributed by atoms with Crippen LogP contribution in [0.2, 0.25) is 0 Å². The first kappa shape index (κ1) is 10.2. The van der Waals surface area contributed by atoms with Crippen molar-refractivity contribution >= 4 is 5.82 Å². The summed E-state index contributed by atoms with van der Waals surface area (Å²) in [4.78, 5) is 8.08. The molecule has 0 atom stereocenters. The molecule has 1 aliphatic rings. The molecular formula is C11H17N3O. The third-order valence-corrected chi connectivity index (χ3v) is 2.93. The van der Waals surface area contributed by atoms with Crippen molar-refractivity contribution in [2.24, 2.45) is 5.92 Å². The molecular weight excluding hydrogens is 190 g/mol. The third-order valence-electron chi connectivity index (χ3n) is 2.93. The Morgan fingerprint density at radius 1 is 1.47 bits per heavy atom. The van der Waals surface area contributed by atoms with Gasteiger partial charge in [0.2, 0.25) is 5.88 Å². The van der Waals surface area contributed by atoms with E-state index in [1.165, 1.54) is 32.0 Å². The van der Waals surface area contributed by atoms with Crippen LogP contribution >= 0.6 is 0 Å². The molecule has 0 spiro atoms. The second-order valence-corrected chi connectivity index (χ2v) is 3.96. The zero-order valence-corrected chi connectivity index (χ0v) is 9.07. The minimum atomic E-state index is 0.608. The van der Waals surface area contributed by atoms with Crippen molar-refractivity contribution in [2.45, 2.75) is 25.7 Å². The molecule has 1 aliphatic carbocycles. The van der Waals surface area contributed by atoms with E-state index < -0.39 is 0 Å². The Morgan fingerprint density at radius 3 is 3.00 bits per heavy atom. The molecule has 0 amide bonds. The van der Waals surface area contributed by atoms with Gasteiger partial charge in [0.25, 0.3) is 0 Å². The molecule has 0 saturated heterocycles. The Bertz CT molecular complexity index is 312. The van der Waals surface area contributed by atoms with Gasteiger partial charge in [-0.2, -0.15) is 0 Å². The van der Waals surface area contributed by atoms with Crippen molar-refractivity contribution in [1.82, 2.24) is 9.97 Å². The summed E-state index contributed by atoms with van der Waals surface area (Å²) in [5.74, 6) is 2.39. The average molecular weight is 207 g/mol. The Morgan fingerprint density at radius 2 is 2.33 bits per heavy atom. The highest BCUT2D eigenvalue weighted by Crippen LogP contribution is 2.29. The van der Waals surface area contributed by atoms with Crippen LogP contribution in [0.3, 0.4) is 0 Å². The fourth-order valence-electron chi connectivity index (χ4n) is 1.73. The number of nitrogens with zero attached hydrogens (tertiary/aromatic N) is 2. The normalized spacial score (nSPS) is 15.8. The van der Waals surface area contributed by atoms with Crippen LogP contribution in [0.4, 0.5) is 5.82 Å². The number of ether oxygens (including phenoxy) is 1. The average Bonchev–Trinajstić information content (AvgIpc) is 2.22. The van der Waals surface area contributed by atoms with Gasteiger partial charge in [0.1, 0.15) is 12.1 Å². The van der Waals surface area contributed by atoms with E-state index in [0.29, 0.717) is 5.88 Å². The molecule has 0 aromatic carbocycles. The van der Waals surface area contributed by atoms with Crippen molar-refractivity contribution < 1.29 is 4.74 Å². The largest absolute Gasteiger partial charge is 0.481 e.